The summed E-state index contributed by atoms with van der Waals surface area (Å²) in [5.74, 6) is 0. The lowest BCUT2D eigenvalue weighted by Crippen LogP contribution is -2.31. The lowest BCUT2D eigenvalue weighted by molar-refractivity contribution is -0.0892. The van der Waals surface area contributed by atoms with Crippen molar-refractivity contribution in [2.24, 2.45) is 0 Å². The van der Waals surface area contributed by atoms with Crippen molar-refractivity contribution in [3.8, 4) is 0 Å². The van der Waals surface area contributed by atoms with Crippen LogP contribution in [-0.2, 0) is 9.47 Å². The number of halogens is 3. The molecule has 1 aliphatic heterocycles. The predicted molar refractivity (Wildman–Crippen MR) is 63.5 cm³/mol. The first-order valence-electron chi connectivity index (χ1n) is 4.46. The van der Waals surface area contributed by atoms with Gasteiger partial charge in [-0.25, -0.2) is 0 Å². The van der Waals surface area contributed by atoms with Crippen molar-refractivity contribution in [2.75, 3.05) is 19.8 Å². The Bertz CT molecular complexity index is 336. The minimum Gasteiger partial charge on any atom is -0.376 e. The van der Waals surface area contributed by atoms with Gasteiger partial charge < -0.3 is 9.47 Å². The Balaban J connectivity index is 2.12. The summed E-state index contributed by atoms with van der Waals surface area (Å²) in [7, 11) is 0. The van der Waals surface area contributed by atoms with Crippen molar-refractivity contribution < 1.29 is 9.47 Å². The van der Waals surface area contributed by atoms with Gasteiger partial charge in [0.25, 0.3) is 0 Å². The van der Waals surface area contributed by atoms with Crippen LogP contribution in [0.3, 0.4) is 0 Å². The van der Waals surface area contributed by atoms with E-state index in [1.54, 1.807) is 6.07 Å². The minimum absolute atomic E-state index is 0.149. The van der Waals surface area contributed by atoms with E-state index in [2.05, 4.69) is 0 Å². The molecule has 0 saturated carbocycles. The van der Waals surface area contributed by atoms with Crippen molar-refractivity contribution in [3.63, 3.8) is 0 Å². The van der Waals surface area contributed by atoms with Gasteiger partial charge in [0.15, 0.2) is 0 Å². The molecule has 1 aliphatic rings. The Hall–Kier alpha value is 0.490. The molecule has 0 amide bonds. The summed E-state index contributed by atoms with van der Waals surface area (Å²) in [4.78, 5) is 0. The van der Waals surface area contributed by atoms with Gasteiger partial charge in [0.1, 0.15) is 6.10 Å². The first kappa shape index (κ1) is 12.0. The molecule has 0 aromatic carbocycles. The van der Waals surface area contributed by atoms with E-state index in [0.717, 1.165) is 5.56 Å². The molecule has 6 heteroatoms. The van der Waals surface area contributed by atoms with E-state index >= 15 is 0 Å². The fourth-order valence-electron chi connectivity index (χ4n) is 1.42. The van der Waals surface area contributed by atoms with E-state index in [0.29, 0.717) is 28.5 Å². The van der Waals surface area contributed by atoms with Crippen LogP contribution in [0.2, 0.25) is 8.67 Å². The van der Waals surface area contributed by atoms with Gasteiger partial charge in [0.05, 0.1) is 33.9 Å². The van der Waals surface area contributed by atoms with Crippen LogP contribution < -0.4 is 0 Å². The summed E-state index contributed by atoms with van der Waals surface area (Å²) in [6.07, 6.45) is -0.149. The predicted octanol–water partition coefficient (Wildman–Crippen LogP) is 3.75. The van der Waals surface area contributed by atoms with Crippen molar-refractivity contribution in [2.45, 2.75) is 11.5 Å². The average molecular weight is 288 g/mol. The zero-order valence-corrected chi connectivity index (χ0v) is 10.8. The Kier molecular flexibility index (Phi) is 4.16. The second-order valence-corrected chi connectivity index (χ2v) is 5.92. The van der Waals surface area contributed by atoms with Gasteiger partial charge in [-0.1, -0.05) is 23.2 Å². The number of hydrogen-bond donors (Lipinski definition) is 0. The Labute approximate surface area is 107 Å². The molecule has 1 saturated heterocycles. The molecule has 1 aromatic rings. The minimum atomic E-state index is -0.304. The molecule has 0 N–H and O–H groups in total. The Morgan fingerprint density at radius 1 is 1.40 bits per heavy atom. The summed E-state index contributed by atoms with van der Waals surface area (Å²) in [5.41, 5.74) is 0.823. The summed E-state index contributed by atoms with van der Waals surface area (Å²) < 4.78 is 12.0. The number of alkyl halides is 1. The standard InChI is InChI=1S/C9H9Cl3O2S/c10-7-3-5(9(12)15-7)8(11)6-4-13-1-2-14-6/h3,6,8H,1-2,4H2. The van der Waals surface area contributed by atoms with Gasteiger partial charge in [-0.05, 0) is 6.07 Å². The second kappa shape index (κ2) is 5.21. The van der Waals surface area contributed by atoms with E-state index in [4.69, 9.17) is 44.3 Å². The molecule has 0 aliphatic carbocycles. The molecule has 84 valence electrons. The maximum Gasteiger partial charge on any atom is 0.101 e. The summed E-state index contributed by atoms with van der Waals surface area (Å²) >= 11 is 19.4. The van der Waals surface area contributed by atoms with E-state index < -0.39 is 0 Å². The Morgan fingerprint density at radius 2 is 2.20 bits per heavy atom. The van der Waals surface area contributed by atoms with Crippen LogP contribution >= 0.6 is 46.1 Å². The van der Waals surface area contributed by atoms with Crippen molar-refractivity contribution in [1.82, 2.24) is 0 Å². The van der Waals surface area contributed by atoms with Gasteiger partial charge in [0.2, 0.25) is 0 Å². The monoisotopic (exact) mass is 286 g/mol. The lowest BCUT2D eigenvalue weighted by atomic mass is 10.1. The number of rotatable bonds is 2. The zero-order chi connectivity index (χ0) is 10.8. The quantitative estimate of drug-likeness (QED) is 0.771. The third-order valence-electron chi connectivity index (χ3n) is 2.15. The SMILES string of the molecule is Clc1cc(C(Cl)C2COCCO2)c(Cl)s1. The maximum atomic E-state index is 6.26. The van der Waals surface area contributed by atoms with Crippen LogP contribution in [0.4, 0.5) is 0 Å². The van der Waals surface area contributed by atoms with E-state index in [9.17, 15) is 0 Å². The number of ether oxygens (including phenoxy) is 2. The van der Waals surface area contributed by atoms with E-state index in [1.165, 1.54) is 11.3 Å². The van der Waals surface area contributed by atoms with Crippen molar-refractivity contribution >= 4 is 46.1 Å². The highest BCUT2D eigenvalue weighted by molar-refractivity contribution is 7.20. The van der Waals surface area contributed by atoms with Crippen LogP contribution in [-0.4, -0.2) is 25.9 Å². The molecule has 2 rings (SSSR count). The Morgan fingerprint density at radius 3 is 2.73 bits per heavy atom. The number of hydrogen-bond acceptors (Lipinski definition) is 3. The van der Waals surface area contributed by atoms with Crippen LogP contribution in [0.25, 0.3) is 0 Å². The van der Waals surface area contributed by atoms with Gasteiger partial charge in [-0.2, -0.15) is 0 Å². The largest absolute Gasteiger partial charge is 0.376 e. The third kappa shape index (κ3) is 2.78. The topological polar surface area (TPSA) is 18.5 Å². The fourth-order valence-corrected chi connectivity index (χ4v) is 3.40. The molecule has 1 aromatic heterocycles. The molecule has 0 spiro atoms. The van der Waals surface area contributed by atoms with Gasteiger partial charge in [-0.3, -0.25) is 0 Å². The van der Waals surface area contributed by atoms with E-state index in [1.807, 2.05) is 0 Å². The molecule has 2 heterocycles. The van der Waals surface area contributed by atoms with Crippen molar-refractivity contribution in [1.29, 1.82) is 0 Å². The summed E-state index contributed by atoms with van der Waals surface area (Å²) in [6.45, 7) is 1.69. The summed E-state index contributed by atoms with van der Waals surface area (Å²) in [6, 6.07) is 1.78. The normalized spacial score (nSPS) is 24.1. The van der Waals surface area contributed by atoms with Crippen LogP contribution in [0.15, 0.2) is 6.07 Å². The highest BCUT2D eigenvalue weighted by atomic mass is 35.5. The molecule has 0 bridgehead atoms. The molecule has 2 unspecified atom stereocenters. The highest BCUT2D eigenvalue weighted by Crippen LogP contribution is 2.39. The highest BCUT2D eigenvalue weighted by Gasteiger charge is 2.27. The maximum absolute atomic E-state index is 6.26. The first-order valence-corrected chi connectivity index (χ1v) is 6.47. The second-order valence-electron chi connectivity index (χ2n) is 3.17. The molecule has 2 nitrogen and oxygen atoms in total. The van der Waals surface area contributed by atoms with Crippen LogP contribution in [0.1, 0.15) is 10.9 Å². The first-order chi connectivity index (χ1) is 7.18. The summed E-state index contributed by atoms with van der Waals surface area (Å²) in [5, 5.41) is -0.304. The smallest absolute Gasteiger partial charge is 0.101 e. The molecule has 15 heavy (non-hydrogen) atoms. The van der Waals surface area contributed by atoms with Crippen molar-refractivity contribution in [3.05, 3.63) is 20.3 Å². The molecule has 2 atom stereocenters. The van der Waals surface area contributed by atoms with Gasteiger partial charge in [0, 0.05) is 5.56 Å². The number of thiophene rings is 1. The molecule has 0 radical (unpaired) electrons. The average Bonchev–Trinajstić information content (AvgIpc) is 2.58. The molecular weight excluding hydrogens is 279 g/mol. The third-order valence-corrected chi connectivity index (χ3v) is 4.18. The lowest BCUT2D eigenvalue weighted by Gasteiger charge is -2.26. The van der Waals surface area contributed by atoms with Gasteiger partial charge in [-0.15, -0.1) is 22.9 Å². The zero-order valence-electron chi connectivity index (χ0n) is 7.71. The fraction of sp³-hybridized carbons (Fsp3) is 0.556. The van der Waals surface area contributed by atoms with Crippen LogP contribution in [0, 0.1) is 0 Å². The van der Waals surface area contributed by atoms with Crippen LogP contribution in [0.5, 0.6) is 0 Å². The molecular formula is C9H9Cl3O2S. The molecule has 1 fully saturated rings. The van der Waals surface area contributed by atoms with E-state index in [-0.39, 0.29) is 11.5 Å². The van der Waals surface area contributed by atoms with Gasteiger partial charge >= 0.3 is 0 Å².